The molecule has 2 aliphatic carbocycles. The molecule has 0 radical (unpaired) electrons. The van der Waals surface area contributed by atoms with Crippen LogP contribution in [0, 0.1) is 0 Å². The molecule has 0 N–H and O–H groups in total. The first-order chi connectivity index (χ1) is 28.7. The zero-order valence-electron chi connectivity index (χ0n) is 31.8. The third-order valence-corrected chi connectivity index (χ3v) is 12.6. The summed E-state index contributed by atoms with van der Waals surface area (Å²) in [6, 6.07) is 83.1. The van der Waals surface area contributed by atoms with Crippen LogP contribution in [0.1, 0.15) is 22.3 Å². The van der Waals surface area contributed by atoms with Crippen LogP contribution in [0.25, 0.3) is 66.1 Å². The summed E-state index contributed by atoms with van der Waals surface area (Å²) in [6.07, 6.45) is 0. The normalized spacial score (nSPS) is 13.0. The first-order valence-corrected chi connectivity index (χ1v) is 20.2. The molecule has 12 rings (SSSR count). The van der Waals surface area contributed by atoms with E-state index in [1.165, 1.54) is 88.3 Å². The Kier molecular flexibility index (Phi) is 7.21. The fourth-order valence-corrected chi connectivity index (χ4v) is 10.0. The fourth-order valence-electron chi connectivity index (χ4n) is 10.0. The second-order valence-electron chi connectivity index (χ2n) is 15.7. The highest BCUT2D eigenvalue weighted by Crippen LogP contribution is 2.63. The van der Waals surface area contributed by atoms with Crippen LogP contribution >= 0.6 is 0 Å². The summed E-state index contributed by atoms with van der Waals surface area (Å²) in [5, 5.41) is 4.94. The standard InChI is InChI=1S/C57H37N/c1-2-12-38(13-3-1)40-26-29-46(30-27-40)58(47-31-28-44-35-43(24-25-45(44)36-47)42-23-22-39-14-4-5-15-41(39)34-42)48-32-33-52-51-18-8-11-21-55(51)57(56(52)37-48)53-19-9-6-16-49(53)50-17-7-10-20-54(50)57/h1-37H. The Morgan fingerprint density at radius 3 is 1.31 bits per heavy atom. The molecule has 0 heterocycles. The number of anilines is 3. The van der Waals surface area contributed by atoms with Gasteiger partial charge in [-0.15, -0.1) is 0 Å². The molecule has 0 unspecified atom stereocenters. The summed E-state index contributed by atoms with van der Waals surface area (Å²) in [5.41, 5.74) is 18.4. The van der Waals surface area contributed by atoms with Crippen molar-refractivity contribution in [1.29, 1.82) is 0 Å². The first kappa shape index (κ1) is 32.7. The highest BCUT2D eigenvalue weighted by Gasteiger charge is 2.51. The molecule has 2 aliphatic rings. The molecular formula is C57H37N. The first-order valence-electron chi connectivity index (χ1n) is 20.2. The minimum Gasteiger partial charge on any atom is -0.310 e. The molecule has 0 aliphatic heterocycles. The number of fused-ring (bicyclic) bond motifs is 12. The van der Waals surface area contributed by atoms with E-state index in [4.69, 9.17) is 0 Å². The van der Waals surface area contributed by atoms with Crippen molar-refractivity contribution >= 4 is 38.6 Å². The van der Waals surface area contributed by atoms with Crippen molar-refractivity contribution in [2.24, 2.45) is 0 Å². The Morgan fingerprint density at radius 2 is 0.655 bits per heavy atom. The van der Waals surface area contributed by atoms with E-state index in [2.05, 4.69) is 229 Å². The van der Waals surface area contributed by atoms with Crippen molar-refractivity contribution in [3.05, 3.63) is 247 Å². The van der Waals surface area contributed by atoms with E-state index in [1.54, 1.807) is 0 Å². The van der Waals surface area contributed by atoms with Gasteiger partial charge in [-0.1, -0.05) is 176 Å². The van der Waals surface area contributed by atoms with Gasteiger partial charge in [0, 0.05) is 17.1 Å². The monoisotopic (exact) mass is 735 g/mol. The van der Waals surface area contributed by atoms with Gasteiger partial charge in [-0.25, -0.2) is 0 Å². The number of nitrogens with zero attached hydrogens (tertiary/aromatic N) is 1. The van der Waals surface area contributed by atoms with Gasteiger partial charge in [-0.2, -0.15) is 0 Å². The van der Waals surface area contributed by atoms with E-state index in [0.29, 0.717) is 0 Å². The molecule has 0 bridgehead atoms. The molecule has 0 atom stereocenters. The lowest BCUT2D eigenvalue weighted by molar-refractivity contribution is 0.793. The van der Waals surface area contributed by atoms with E-state index in [1.807, 2.05) is 0 Å². The largest absolute Gasteiger partial charge is 0.310 e. The number of hydrogen-bond acceptors (Lipinski definition) is 1. The molecule has 10 aromatic rings. The number of rotatable bonds is 5. The Labute approximate surface area is 338 Å². The molecule has 0 aromatic heterocycles. The van der Waals surface area contributed by atoms with E-state index in [0.717, 1.165) is 17.1 Å². The minimum atomic E-state index is -0.416. The lowest BCUT2D eigenvalue weighted by Crippen LogP contribution is -2.26. The van der Waals surface area contributed by atoms with Crippen molar-refractivity contribution in [2.75, 3.05) is 4.90 Å². The van der Waals surface area contributed by atoms with Gasteiger partial charge >= 0.3 is 0 Å². The summed E-state index contributed by atoms with van der Waals surface area (Å²) >= 11 is 0. The maximum absolute atomic E-state index is 2.48. The van der Waals surface area contributed by atoms with Crippen molar-refractivity contribution < 1.29 is 0 Å². The van der Waals surface area contributed by atoms with E-state index >= 15 is 0 Å². The molecule has 0 fully saturated rings. The second kappa shape index (κ2) is 12.8. The summed E-state index contributed by atoms with van der Waals surface area (Å²) in [4.78, 5) is 2.44. The molecule has 0 amide bonds. The maximum atomic E-state index is 2.48. The molecule has 0 saturated heterocycles. The fraction of sp³-hybridized carbons (Fsp3) is 0.0175. The van der Waals surface area contributed by atoms with Crippen LogP contribution in [0.4, 0.5) is 17.1 Å². The number of hydrogen-bond donors (Lipinski definition) is 0. The Bertz CT molecular complexity index is 3170. The quantitative estimate of drug-likeness (QED) is 0.170. The zero-order chi connectivity index (χ0) is 38.2. The smallest absolute Gasteiger partial charge is 0.0726 e. The van der Waals surface area contributed by atoms with Gasteiger partial charge in [0.1, 0.15) is 0 Å². The van der Waals surface area contributed by atoms with Gasteiger partial charge in [0.15, 0.2) is 0 Å². The summed E-state index contributed by atoms with van der Waals surface area (Å²) < 4.78 is 0. The molecule has 58 heavy (non-hydrogen) atoms. The van der Waals surface area contributed by atoms with Gasteiger partial charge in [0.2, 0.25) is 0 Å². The highest BCUT2D eigenvalue weighted by atomic mass is 15.1. The SMILES string of the molecule is c1ccc(-c2ccc(N(c3ccc4c(c3)C3(c5ccccc5-c5ccccc53)c3ccccc3-4)c3ccc4cc(-c5ccc6ccccc6c5)ccc4c3)cc2)cc1. The average molecular weight is 736 g/mol. The summed E-state index contributed by atoms with van der Waals surface area (Å²) in [7, 11) is 0. The highest BCUT2D eigenvalue weighted by molar-refractivity contribution is 5.98. The third-order valence-electron chi connectivity index (χ3n) is 12.6. The second-order valence-corrected chi connectivity index (χ2v) is 15.7. The van der Waals surface area contributed by atoms with Crippen molar-refractivity contribution in [2.45, 2.75) is 5.41 Å². The third kappa shape index (κ3) is 4.84. The van der Waals surface area contributed by atoms with Gasteiger partial charge < -0.3 is 4.90 Å². The van der Waals surface area contributed by atoms with E-state index < -0.39 is 5.41 Å². The average Bonchev–Trinajstić information content (AvgIpc) is 3.76. The Morgan fingerprint density at radius 1 is 0.241 bits per heavy atom. The minimum absolute atomic E-state index is 0.416. The molecular weight excluding hydrogens is 699 g/mol. The zero-order valence-corrected chi connectivity index (χ0v) is 31.8. The van der Waals surface area contributed by atoms with Crippen LogP contribution in [-0.4, -0.2) is 0 Å². The lowest BCUT2D eigenvalue weighted by atomic mass is 9.70. The van der Waals surface area contributed by atoms with E-state index in [-0.39, 0.29) is 0 Å². The predicted octanol–water partition coefficient (Wildman–Crippen LogP) is 15.1. The van der Waals surface area contributed by atoms with Crippen LogP contribution < -0.4 is 4.90 Å². The molecule has 270 valence electrons. The van der Waals surface area contributed by atoms with E-state index in [9.17, 15) is 0 Å². The van der Waals surface area contributed by atoms with Gasteiger partial charge in [0.25, 0.3) is 0 Å². The van der Waals surface area contributed by atoms with Crippen LogP contribution in [0.15, 0.2) is 224 Å². The van der Waals surface area contributed by atoms with Crippen molar-refractivity contribution in [3.8, 4) is 44.5 Å². The lowest BCUT2D eigenvalue weighted by Gasteiger charge is -2.32. The van der Waals surface area contributed by atoms with Gasteiger partial charge in [-0.3, -0.25) is 0 Å². The topological polar surface area (TPSA) is 3.24 Å². The molecule has 10 aromatic carbocycles. The van der Waals surface area contributed by atoms with Gasteiger partial charge in [-0.05, 0) is 137 Å². The van der Waals surface area contributed by atoms with Crippen LogP contribution in [0.5, 0.6) is 0 Å². The number of benzene rings is 10. The summed E-state index contributed by atoms with van der Waals surface area (Å²) in [5.74, 6) is 0. The van der Waals surface area contributed by atoms with Crippen molar-refractivity contribution in [3.63, 3.8) is 0 Å². The predicted molar refractivity (Wildman–Crippen MR) is 243 cm³/mol. The Balaban J connectivity index is 1.04. The molecule has 0 saturated carbocycles. The maximum Gasteiger partial charge on any atom is 0.0726 e. The Hall–Kier alpha value is -7.48. The van der Waals surface area contributed by atoms with Crippen molar-refractivity contribution in [1.82, 2.24) is 0 Å². The molecule has 1 heteroatoms. The van der Waals surface area contributed by atoms with Crippen LogP contribution in [0.2, 0.25) is 0 Å². The van der Waals surface area contributed by atoms with Crippen LogP contribution in [-0.2, 0) is 5.41 Å². The van der Waals surface area contributed by atoms with Gasteiger partial charge in [0.05, 0.1) is 5.41 Å². The molecule has 1 nitrogen and oxygen atoms in total. The van der Waals surface area contributed by atoms with Crippen LogP contribution in [0.3, 0.4) is 0 Å². The molecule has 1 spiro atoms. The summed E-state index contributed by atoms with van der Waals surface area (Å²) in [6.45, 7) is 0.